The van der Waals surface area contributed by atoms with Gasteiger partial charge in [0.15, 0.2) is 0 Å². The van der Waals surface area contributed by atoms with Crippen LogP contribution in [0.2, 0.25) is 0 Å². The normalized spacial score (nSPS) is 16.3. The Morgan fingerprint density at radius 1 is 0.429 bits per heavy atom. The van der Waals surface area contributed by atoms with E-state index in [2.05, 4.69) is 125 Å². The lowest BCUT2D eigenvalue weighted by atomic mass is 9.90. The molecule has 1 atom stereocenters. The summed E-state index contributed by atoms with van der Waals surface area (Å²) in [7, 11) is 2.78. The van der Waals surface area contributed by atoms with Crippen molar-refractivity contribution in [3.8, 4) is 0 Å². The molecule has 0 aromatic heterocycles. The van der Waals surface area contributed by atoms with E-state index < -0.39 is 0 Å². The number of allylic oxidation sites excluding steroid dienone is 18. The van der Waals surface area contributed by atoms with Gasteiger partial charge in [-0.2, -0.15) is 0 Å². The smallest absolute Gasteiger partial charge is 0.228 e. The molecule has 4 heteroatoms. The summed E-state index contributed by atoms with van der Waals surface area (Å²) in [6, 6.07) is 0. The quantitative estimate of drug-likeness (QED) is 0.0487. The molecule has 0 aliphatic heterocycles. The Bertz CT molecular complexity index is 1720. The van der Waals surface area contributed by atoms with Crippen LogP contribution in [0.3, 0.4) is 0 Å². The Kier molecular flexibility index (Phi) is 30.8. The lowest BCUT2D eigenvalue weighted by molar-refractivity contribution is -0.121. The van der Waals surface area contributed by atoms with Crippen LogP contribution in [0.1, 0.15) is 218 Å². The van der Waals surface area contributed by atoms with Gasteiger partial charge in [0.25, 0.3) is 0 Å². The maximum atomic E-state index is 12.9. The third-order valence-electron chi connectivity index (χ3n) is 12.7. The monoisotopic (exact) mass is 867 g/mol. The molecule has 0 aromatic carbocycles. The molecule has 1 aliphatic rings. The molecule has 0 fully saturated rings. The van der Waals surface area contributed by atoms with E-state index >= 15 is 0 Å². The van der Waals surface area contributed by atoms with Crippen LogP contribution in [0.25, 0.3) is 0 Å². The number of carbonyl (C=O) groups is 2. The van der Waals surface area contributed by atoms with Gasteiger partial charge in [-0.15, -0.1) is 0 Å². The van der Waals surface area contributed by atoms with Gasteiger partial charge in [-0.05, 0) is 183 Å². The van der Waals surface area contributed by atoms with Gasteiger partial charge in [-0.1, -0.05) is 140 Å². The fraction of sp³-hybridized carbons (Fsp3) is 0.627. The van der Waals surface area contributed by atoms with E-state index in [4.69, 9.17) is 9.47 Å². The van der Waals surface area contributed by atoms with Gasteiger partial charge in [-0.25, -0.2) is 0 Å². The molecule has 0 unspecified atom stereocenters. The van der Waals surface area contributed by atoms with Crippen molar-refractivity contribution in [2.75, 3.05) is 14.2 Å². The Hall–Kier alpha value is -3.66. The number of hydrogen-bond donors (Lipinski definition) is 0. The third kappa shape index (κ3) is 26.7. The summed E-state index contributed by atoms with van der Waals surface area (Å²) in [6.45, 7) is 26.9. The molecule has 63 heavy (non-hydrogen) atoms. The molecule has 0 saturated heterocycles. The SMILES string of the molecule is COC1=C(OC)C(=O)C(C/C=C(\C)CC/C=C(\C)CC/C=C(\C)CC/C=C(\C)CC/C=C(\C)CC/C=C(\C)CC/C=C(\C)CC/C=C(\C)CCC[C@H](C)CCCC(C)C)=C(C)C1=O. The summed E-state index contributed by atoms with van der Waals surface area (Å²) in [6.07, 6.45) is 43.2. The van der Waals surface area contributed by atoms with Crippen molar-refractivity contribution in [1.29, 1.82) is 0 Å². The van der Waals surface area contributed by atoms with Crippen LogP contribution in [0.5, 0.6) is 0 Å². The molecule has 0 saturated carbocycles. The molecular weight excluding hydrogens is 773 g/mol. The van der Waals surface area contributed by atoms with E-state index in [1.165, 1.54) is 111 Å². The fourth-order valence-electron chi connectivity index (χ4n) is 8.10. The summed E-state index contributed by atoms with van der Waals surface area (Å²) >= 11 is 0. The van der Waals surface area contributed by atoms with Crippen molar-refractivity contribution in [2.24, 2.45) is 11.8 Å². The number of rotatable bonds is 33. The number of carbonyl (C=O) groups excluding carboxylic acids is 2. The third-order valence-corrected chi connectivity index (χ3v) is 12.7. The molecule has 0 N–H and O–H groups in total. The summed E-state index contributed by atoms with van der Waals surface area (Å²) in [5, 5.41) is 0. The number of Topliss-reactive ketones (excluding diaryl/α,β-unsaturated/α-hetero) is 2. The van der Waals surface area contributed by atoms with Crippen LogP contribution in [0.4, 0.5) is 0 Å². The zero-order valence-electron chi connectivity index (χ0n) is 43.3. The van der Waals surface area contributed by atoms with Crippen molar-refractivity contribution in [1.82, 2.24) is 0 Å². The number of hydrogen-bond acceptors (Lipinski definition) is 4. The summed E-state index contributed by atoms with van der Waals surface area (Å²) < 4.78 is 10.3. The maximum Gasteiger partial charge on any atom is 0.228 e. The molecule has 0 heterocycles. The van der Waals surface area contributed by atoms with Gasteiger partial charge in [-0.3, -0.25) is 9.59 Å². The Morgan fingerprint density at radius 2 is 0.730 bits per heavy atom. The van der Waals surface area contributed by atoms with Gasteiger partial charge in [0.1, 0.15) is 0 Å². The van der Waals surface area contributed by atoms with E-state index in [1.807, 2.05) is 0 Å². The summed E-state index contributed by atoms with van der Waals surface area (Å²) in [5.41, 5.74) is 12.6. The molecule has 1 aliphatic carbocycles. The summed E-state index contributed by atoms with van der Waals surface area (Å²) in [5.74, 6) is 1.15. The Labute approximate surface area is 389 Å². The molecule has 0 spiro atoms. The minimum atomic E-state index is -0.283. The van der Waals surface area contributed by atoms with Gasteiger partial charge in [0.05, 0.1) is 14.2 Å². The maximum absolute atomic E-state index is 12.9. The largest absolute Gasteiger partial charge is 0.489 e. The predicted octanol–water partition coefficient (Wildman–Crippen LogP) is 18.0. The molecule has 1 rings (SSSR count). The van der Waals surface area contributed by atoms with Crippen molar-refractivity contribution < 1.29 is 19.1 Å². The van der Waals surface area contributed by atoms with Crippen LogP contribution in [0.15, 0.2) is 116 Å². The minimum absolute atomic E-state index is 0.00559. The van der Waals surface area contributed by atoms with Gasteiger partial charge in [0, 0.05) is 11.1 Å². The second kappa shape index (κ2) is 33.8. The molecule has 0 bridgehead atoms. The van der Waals surface area contributed by atoms with Crippen molar-refractivity contribution in [3.05, 3.63) is 116 Å². The molecule has 0 aromatic rings. The topological polar surface area (TPSA) is 52.6 Å². The highest BCUT2D eigenvalue weighted by atomic mass is 16.5. The number of methoxy groups -OCH3 is 2. The lowest BCUT2D eigenvalue weighted by Gasteiger charge is -2.19. The van der Waals surface area contributed by atoms with E-state index in [0.717, 1.165) is 82.5 Å². The van der Waals surface area contributed by atoms with Crippen LogP contribution in [-0.2, 0) is 19.1 Å². The molecule has 0 radical (unpaired) electrons. The van der Waals surface area contributed by atoms with Crippen molar-refractivity contribution >= 4 is 11.6 Å². The van der Waals surface area contributed by atoms with Gasteiger partial charge >= 0.3 is 0 Å². The summed E-state index contributed by atoms with van der Waals surface area (Å²) in [4.78, 5) is 25.5. The average Bonchev–Trinajstić information content (AvgIpc) is 3.21. The second-order valence-corrected chi connectivity index (χ2v) is 19.5. The zero-order valence-corrected chi connectivity index (χ0v) is 43.3. The zero-order chi connectivity index (χ0) is 47.2. The highest BCUT2D eigenvalue weighted by Crippen LogP contribution is 2.28. The van der Waals surface area contributed by atoms with Crippen molar-refractivity contribution in [3.63, 3.8) is 0 Å². The minimum Gasteiger partial charge on any atom is -0.489 e. The fourth-order valence-corrected chi connectivity index (χ4v) is 8.10. The highest BCUT2D eigenvalue weighted by molar-refractivity contribution is 6.23. The first kappa shape index (κ1) is 57.4. The van der Waals surface area contributed by atoms with Crippen LogP contribution in [-0.4, -0.2) is 25.8 Å². The van der Waals surface area contributed by atoms with Gasteiger partial charge in [0.2, 0.25) is 23.1 Å². The first-order chi connectivity index (χ1) is 30.0. The van der Waals surface area contributed by atoms with Crippen molar-refractivity contribution in [2.45, 2.75) is 218 Å². The molecule has 4 nitrogen and oxygen atoms in total. The van der Waals surface area contributed by atoms with E-state index in [-0.39, 0.29) is 23.1 Å². The first-order valence-electron chi connectivity index (χ1n) is 24.8. The van der Waals surface area contributed by atoms with Crippen LogP contribution in [0, 0.1) is 11.8 Å². The standard InChI is InChI=1S/C59H94O4/c1-44(2)24-15-25-45(3)26-16-27-46(4)28-17-29-47(5)30-18-31-48(6)32-19-33-49(7)34-20-35-50(8)36-21-37-51(9)38-22-39-52(10)40-23-41-53(11)42-43-55-54(12)56(60)58(62-13)59(63-14)57(55)61/h28,30,32,34,36,38,40,42,44-45H,15-27,29,31,33,35,37,39,41,43H2,1-14H3/b46-28+,47-30+,48-32+,49-34+,50-36+,51-38+,52-40+,53-42+/t45-/m1/s1. The Balaban J connectivity index is 2.29. The first-order valence-corrected chi connectivity index (χ1v) is 24.8. The number of ether oxygens (including phenoxy) is 2. The molecule has 354 valence electrons. The van der Waals surface area contributed by atoms with E-state index in [0.29, 0.717) is 17.6 Å². The predicted molar refractivity (Wildman–Crippen MR) is 275 cm³/mol. The number of ketones is 2. The average molecular weight is 867 g/mol. The Morgan fingerprint density at radius 3 is 1.06 bits per heavy atom. The highest BCUT2D eigenvalue weighted by Gasteiger charge is 2.34. The van der Waals surface area contributed by atoms with Crippen LogP contribution < -0.4 is 0 Å². The lowest BCUT2D eigenvalue weighted by Crippen LogP contribution is -2.24. The molecular formula is C59H94O4. The van der Waals surface area contributed by atoms with E-state index in [1.54, 1.807) is 12.5 Å². The van der Waals surface area contributed by atoms with E-state index in [9.17, 15) is 9.59 Å². The van der Waals surface area contributed by atoms with Crippen LogP contribution >= 0.6 is 0 Å². The molecule has 0 amide bonds. The van der Waals surface area contributed by atoms with Gasteiger partial charge < -0.3 is 9.47 Å². The second-order valence-electron chi connectivity index (χ2n) is 19.5.